The van der Waals surface area contributed by atoms with E-state index in [2.05, 4.69) is 20.9 Å². The molecule has 5 rings (SSSR count). The van der Waals surface area contributed by atoms with Crippen molar-refractivity contribution in [1.82, 2.24) is 19.5 Å². The van der Waals surface area contributed by atoms with Gasteiger partial charge in [0.15, 0.2) is 0 Å². The zero-order valence-electron chi connectivity index (χ0n) is 16.1. The highest BCUT2D eigenvalue weighted by Crippen LogP contribution is 2.31. The summed E-state index contributed by atoms with van der Waals surface area (Å²) in [6.07, 6.45) is 1.74. The molecule has 0 aliphatic heterocycles. The molecular weight excluding hydrogens is 455 g/mol. The molecular formula is C22H16ClFN4OS2. The minimum Gasteiger partial charge on any atom is -0.491 e. The standard InChI is InChI=1S/C22H16ClFN4OS2/c23-18-11-20-14(12-26-28(20)16-3-1-15(24)2-4-16)9-21(18)29-8-7-27-31-17-5-6-19-22(10-17)30-13-25-19/h1-6,9-13,27H,7-8H2. The zero-order valence-corrected chi connectivity index (χ0v) is 18.5. The lowest BCUT2D eigenvalue weighted by molar-refractivity contribution is 0.325. The van der Waals surface area contributed by atoms with Crippen LogP contribution in [0.15, 0.2) is 71.2 Å². The van der Waals surface area contributed by atoms with Crippen LogP contribution in [0.5, 0.6) is 5.75 Å². The van der Waals surface area contributed by atoms with Crippen molar-refractivity contribution in [3.63, 3.8) is 0 Å². The molecule has 0 aliphatic carbocycles. The fourth-order valence-electron chi connectivity index (χ4n) is 3.16. The van der Waals surface area contributed by atoms with Crippen molar-refractivity contribution in [2.24, 2.45) is 0 Å². The van der Waals surface area contributed by atoms with Gasteiger partial charge in [-0.25, -0.2) is 14.1 Å². The van der Waals surface area contributed by atoms with E-state index in [0.717, 1.165) is 27.0 Å². The van der Waals surface area contributed by atoms with Crippen molar-refractivity contribution in [3.8, 4) is 11.4 Å². The van der Waals surface area contributed by atoms with E-state index in [-0.39, 0.29) is 5.82 Å². The van der Waals surface area contributed by atoms with Gasteiger partial charge in [0.2, 0.25) is 0 Å². The average Bonchev–Trinajstić information content (AvgIpc) is 3.40. The van der Waals surface area contributed by atoms with E-state index in [0.29, 0.717) is 23.9 Å². The van der Waals surface area contributed by atoms with Crippen LogP contribution in [0, 0.1) is 5.82 Å². The van der Waals surface area contributed by atoms with Crippen molar-refractivity contribution in [2.75, 3.05) is 13.2 Å². The summed E-state index contributed by atoms with van der Waals surface area (Å²) in [5.41, 5.74) is 4.46. The van der Waals surface area contributed by atoms with E-state index in [1.165, 1.54) is 16.8 Å². The minimum atomic E-state index is -0.287. The highest BCUT2D eigenvalue weighted by molar-refractivity contribution is 7.97. The second-order valence-corrected chi connectivity index (χ2v) is 8.96. The van der Waals surface area contributed by atoms with Crippen molar-refractivity contribution in [1.29, 1.82) is 0 Å². The van der Waals surface area contributed by atoms with Gasteiger partial charge in [-0.15, -0.1) is 11.3 Å². The summed E-state index contributed by atoms with van der Waals surface area (Å²) in [7, 11) is 0. The van der Waals surface area contributed by atoms with Crippen LogP contribution in [0.4, 0.5) is 4.39 Å². The Hall–Kier alpha value is -2.65. The van der Waals surface area contributed by atoms with Crippen LogP contribution in [-0.2, 0) is 0 Å². The van der Waals surface area contributed by atoms with Crippen LogP contribution < -0.4 is 9.46 Å². The Kier molecular flexibility index (Phi) is 5.78. The van der Waals surface area contributed by atoms with Crippen LogP contribution in [0.3, 0.4) is 0 Å². The second kappa shape index (κ2) is 8.84. The smallest absolute Gasteiger partial charge is 0.138 e. The van der Waals surface area contributed by atoms with Crippen molar-refractivity contribution < 1.29 is 9.13 Å². The first-order chi connectivity index (χ1) is 15.2. The maximum Gasteiger partial charge on any atom is 0.138 e. The van der Waals surface area contributed by atoms with Crippen molar-refractivity contribution >= 4 is 56.0 Å². The largest absolute Gasteiger partial charge is 0.491 e. The zero-order chi connectivity index (χ0) is 21.2. The molecule has 0 spiro atoms. The lowest BCUT2D eigenvalue weighted by Gasteiger charge is -2.10. The van der Waals surface area contributed by atoms with Gasteiger partial charge in [0, 0.05) is 16.8 Å². The molecule has 0 saturated carbocycles. The van der Waals surface area contributed by atoms with E-state index in [4.69, 9.17) is 16.3 Å². The molecule has 0 radical (unpaired) electrons. The van der Waals surface area contributed by atoms with Gasteiger partial charge in [0.05, 0.1) is 38.2 Å². The third-order valence-electron chi connectivity index (χ3n) is 4.65. The molecule has 0 fully saturated rings. The summed E-state index contributed by atoms with van der Waals surface area (Å²) in [5, 5.41) is 5.79. The number of ether oxygens (including phenoxy) is 1. The summed E-state index contributed by atoms with van der Waals surface area (Å²) in [6.45, 7) is 1.11. The molecule has 1 N–H and O–H groups in total. The Balaban J connectivity index is 1.21. The number of nitrogens with one attached hydrogen (secondary N) is 1. The van der Waals surface area contributed by atoms with Gasteiger partial charge in [-0.2, -0.15) is 5.10 Å². The lowest BCUT2D eigenvalue weighted by atomic mass is 10.2. The molecule has 0 atom stereocenters. The lowest BCUT2D eigenvalue weighted by Crippen LogP contribution is -2.14. The third-order valence-corrected chi connectivity index (χ3v) is 6.57. The van der Waals surface area contributed by atoms with E-state index in [9.17, 15) is 4.39 Å². The number of hydrogen-bond donors (Lipinski definition) is 1. The number of benzene rings is 3. The fraction of sp³-hybridized carbons (Fsp3) is 0.0909. The number of rotatable bonds is 7. The fourth-order valence-corrected chi connectivity index (χ4v) is 4.83. The van der Waals surface area contributed by atoms with Gasteiger partial charge in [-0.1, -0.05) is 11.6 Å². The van der Waals surface area contributed by atoms with E-state index >= 15 is 0 Å². The Labute approximate surface area is 190 Å². The van der Waals surface area contributed by atoms with Gasteiger partial charge < -0.3 is 4.74 Å². The van der Waals surface area contributed by atoms with Gasteiger partial charge in [-0.3, -0.25) is 4.72 Å². The van der Waals surface area contributed by atoms with Crippen molar-refractivity contribution in [2.45, 2.75) is 4.90 Å². The number of hydrogen-bond acceptors (Lipinski definition) is 6. The Morgan fingerprint density at radius 3 is 2.87 bits per heavy atom. The quantitative estimate of drug-likeness (QED) is 0.230. The van der Waals surface area contributed by atoms with E-state index < -0.39 is 0 Å². The third kappa shape index (κ3) is 4.38. The van der Waals surface area contributed by atoms with E-state index in [1.54, 1.807) is 46.3 Å². The predicted octanol–water partition coefficient (Wildman–Crippen LogP) is 6.10. The molecule has 9 heteroatoms. The molecule has 2 heterocycles. The maximum atomic E-state index is 13.2. The predicted molar refractivity (Wildman–Crippen MR) is 125 cm³/mol. The van der Waals surface area contributed by atoms with Gasteiger partial charge in [0.25, 0.3) is 0 Å². The first-order valence-corrected chi connectivity index (χ1v) is 11.5. The second-order valence-electron chi connectivity index (χ2n) is 6.70. The highest BCUT2D eigenvalue weighted by atomic mass is 35.5. The molecule has 31 heavy (non-hydrogen) atoms. The molecule has 0 unspecified atom stereocenters. The van der Waals surface area contributed by atoms with Gasteiger partial charge in [-0.05, 0) is 66.5 Å². The van der Waals surface area contributed by atoms with E-state index in [1.807, 2.05) is 29.8 Å². The first-order valence-electron chi connectivity index (χ1n) is 9.46. The summed E-state index contributed by atoms with van der Waals surface area (Å²) < 4.78 is 25.3. The van der Waals surface area contributed by atoms with Crippen LogP contribution >= 0.6 is 34.9 Å². The molecule has 5 aromatic rings. The highest BCUT2D eigenvalue weighted by Gasteiger charge is 2.11. The normalized spacial score (nSPS) is 11.4. The number of thiazole rings is 1. The number of halogens is 2. The van der Waals surface area contributed by atoms with Crippen LogP contribution in [0.2, 0.25) is 5.02 Å². The monoisotopic (exact) mass is 470 g/mol. The molecule has 0 aliphatic rings. The molecule has 156 valence electrons. The summed E-state index contributed by atoms with van der Waals surface area (Å²) in [5.74, 6) is 0.315. The minimum absolute atomic E-state index is 0.287. The molecule has 5 nitrogen and oxygen atoms in total. The number of aromatic nitrogens is 3. The summed E-state index contributed by atoms with van der Waals surface area (Å²) >= 11 is 9.63. The topological polar surface area (TPSA) is 52.0 Å². The summed E-state index contributed by atoms with van der Waals surface area (Å²) in [6, 6.07) is 16.0. The maximum absolute atomic E-state index is 13.2. The van der Waals surface area contributed by atoms with Gasteiger partial charge >= 0.3 is 0 Å². The van der Waals surface area contributed by atoms with Crippen LogP contribution in [0.25, 0.3) is 26.8 Å². The molecule has 0 saturated heterocycles. The van der Waals surface area contributed by atoms with Crippen molar-refractivity contribution in [3.05, 3.63) is 77.1 Å². The van der Waals surface area contributed by atoms with Crippen LogP contribution in [0.1, 0.15) is 0 Å². The SMILES string of the molecule is Fc1ccc(-n2ncc3cc(OCCNSc4ccc5ncsc5c4)c(Cl)cc32)cc1. The van der Waals surface area contributed by atoms with Gasteiger partial charge in [0.1, 0.15) is 18.2 Å². The number of fused-ring (bicyclic) bond motifs is 2. The number of nitrogens with zero attached hydrogens (tertiary/aromatic N) is 3. The molecule has 0 amide bonds. The van der Waals surface area contributed by atoms with Crippen LogP contribution in [-0.4, -0.2) is 27.9 Å². The average molecular weight is 471 g/mol. The molecule has 0 bridgehead atoms. The Morgan fingerprint density at radius 2 is 2.00 bits per heavy atom. The molecule has 2 aromatic heterocycles. The molecule has 3 aromatic carbocycles. The first kappa shape index (κ1) is 20.3. The Bertz CT molecular complexity index is 1350. The summed E-state index contributed by atoms with van der Waals surface area (Å²) in [4.78, 5) is 5.42. The Morgan fingerprint density at radius 1 is 1.13 bits per heavy atom.